The highest BCUT2D eigenvalue weighted by Gasteiger charge is 2.37. The molecule has 1 aliphatic carbocycles. The van der Waals surface area contributed by atoms with E-state index in [-0.39, 0.29) is 28.6 Å². The van der Waals surface area contributed by atoms with Crippen molar-refractivity contribution in [1.29, 1.82) is 5.26 Å². The second kappa shape index (κ2) is 7.60. The fourth-order valence-corrected chi connectivity index (χ4v) is 4.14. The van der Waals surface area contributed by atoms with Gasteiger partial charge in [0.2, 0.25) is 0 Å². The number of hydrogen-bond acceptors (Lipinski definition) is 6. The van der Waals surface area contributed by atoms with E-state index in [1.165, 1.54) is 10.7 Å². The van der Waals surface area contributed by atoms with Crippen molar-refractivity contribution >= 4 is 11.0 Å². The van der Waals surface area contributed by atoms with E-state index in [1.54, 1.807) is 25.4 Å². The molecular weight excluding hydrogens is 416 g/mol. The molecule has 0 saturated heterocycles. The summed E-state index contributed by atoms with van der Waals surface area (Å²) < 4.78 is 28.6. The zero-order valence-electron chi connectivity index (χ0n) is 17.0. The third kappa shape index (κ3) is 3.13. The van der Waals surface area contributed by atoms with Crippen molar-refractivity contribution in [2.75, 3.05) is 0 Å². The Morgan fingerprint density at radius 3 is 2.59 bits per heavy atom. The molecule has 0 spiro atoms. The van der Waals surface area contributed by atoms with Crippen LogP contribution in [0.1, 0.15) is 60.5 Å². The van der Waals surface area contributed by atoms with Gasteiger partial charge in [0.05, 0.1) is 6.04 Å². The lowest BCUT2D eigenvalue weighted by Crippen LogP contribution is -2.28. The number of fused-ring (bicyclic) bond motifs is 1. The molecule has 1 aromatic carbocycles. The van der Waals surface area contributed by atoms with Gasteiger partial charge in [-0.05, 0) is 43.5 Å². The summed E-state index contributed by atoms with van der Waals surface area (Å²) in [6, 6.07) is 6.61. The fraction of sp³-hybridized carbons (Fsp3) is 0.273. The SMILES string of the molecule is C[C@@H](c1ccc(F)c(F)c1)n1nc(C#N)c2c(=O)[nH]c([C@H]3CC[C@@H]3c3ncccn3)nc21. The second-order valence-corrected chi connectivity index (χ2v) is 7.80. The molecule has 1 saturated carbocycles. The Kier molecular flexibility index (Phi) is 4.74. The smallest absolute Gasteiger partial charge is 0.263 e. The lowest BCUT2D eigenvalue weighted by atomic mass is 9.72. The minimum absolute atomic E-state index is 0.0206. The summed E-state index contributed by atoms with van der Waals surface area (Å²) >= 11 is 0. The highest BCUT2D eigenvalue weighted by atomic mass is 19.2. The fourth-order valence-electron chi connectivity index (χ4n) is 4.14. The Balaban J connectivity index is 1.62. The predicted molar refractivity (Wildman–Crippen MR) is 110 cm³/mol. The summed E-state index contributed by atoms with van der Waals surface area (Å²) in [5, 5.41) is 13.8. The molecule has 32 heavy (non-hydrogen) atoms. The normalized spacial score (nSPS) is 18.8. The van der Waals surface area contributed by atoms with Gasteiger partial charge in [0.1, 0.15) is 23.1 Å². The molecular formula is C22H17F2N7O. The van der Waals surface area contributed by atoms with Crippen LogP contribution < -0.4 is 5.56 Å². The van der Waals surface area contributed by atoms with E-state index >= 15 is 0 Å². The van der Waals surface area contributed by atoms with Crippen LogP contribution in [-0.2, 0) is 0 Å². The first kappa shape index (κ1) is 19.9. The Labute approximate surface area is 180 Å². The van der Waals surface area contributed by atoms with Gasteiger partial charge in [-0.1, -0.05) is 6.07 Å². The molecule has 0 amide bonds. The molecule has 10 heteroatoms. The second-order valence-electron chi connectivity index (χ2n) is 7.80. The van der Waals surface area contributed by atoms with Crippen molar-refractivity contribution < 1.29 is 8.78 Å². The highest BCUT2D eigenvalue weighted by Crippen LogP contribution is 2.46. The maximum absolute atomic E-state index is 13.8. The molecule has 0 aliphatic heterocycles. The van der Waals surface area contributed by atoms with E-state index in [0.717, 1.165) is 25.0 Å². The summed E-state index contributed by atoms with van der Waals surface area (Å²) in [5.74, 6) is -0.852. The quantitative estimate of drug-likeness (QED) is 0.528. The van der Waals surface area contributed by atoms with E-state index in [9.17, 15) is 18.8 Å². The third-order valence-electron chi connectivity index (χ3n) is 6.02. The van der Waals surface area contributed by atoms with Gasteiger partial charge < -0.3 is 4.98 Å². The lowest BCUT2D eigenvalue weighted by molar-refractivity contribution is 0.319. The van der Waals surface area contributed by atoms with Crippen molar-refractivity contribution in [2.45, 2.75) is 37.6 Å². The summed E-state index contributed by atoms with van der Waals surface area (Å²) in [6.07, 6.45) is 5.02. The minimum Gasteiger partial charge on any atom is -0.310 e. The summed E-state index contributed by atoms with van der Waals surface area (Å²) in [5.41, 5.74) is 0.106. The molecule has 0 unspecified atom stereocenters. The number of rotatable bonds is 4. The number of nitrogens with zero attached hydrogens (tertiary/aromatic N) is 6. The molecule has 3 atom stereocenters. The summed E-state index contributed by atoms with van der Waals surface area (Å²) in [7, 11) is 0. The molecule has 1 fully saturated rings. The molecule has 4 aromatic rings. The van der Waals surface area contributed by atoms with Gasteiger partial charge in [-0.25, -0.2) is 28.4 Å². The van der Waals surface area contributed by atoms with Crippen molar-refractivity contribution in [1.82, 2.24) is 29.7 Å². The van der Waals surface area contributed by atoms with Crippen LogP contribution in [0.5, 0.6) is 0 Å². The van der Waals surface area contributed by atoms with Crippen LogP contribution in [0.4, 0.5) is 8.78 Å². The van der Waals surface area contributed by atoms with Gasteiger partial charge >= 0.3 is 0 Å². The van der Waals surface area contributed by atoms with Gasteiger partial charge in [-0.3, -0.25) is 4.79 Å². The van der Waals surface area contributed by atoms with Gasteiger partial charge in [-0.15, -0.1) is 0 Å². The Morgan fingerprint density at radius 2 is 1.94 bits per heavy atom. The first-order valence-corrected chi connectivity index (χ1v) is 10.1. The standard InChI is InChI=1S/C22H17F2N7O/c1-11(12-3-6-15(23)16(24)9-12)31-21-18(17(10-25)30-31)22(32)29-20(28-21)14-5-4-13(14)19-26-7-2-8-27-19/h2-3,6-9,11,13-14H,4-5H2,1H3,(H,28,29,32)/t11-,13-,14-/m0/s1. The van der Waals surface area contributed by atoms with E-state index in [4.69, 9.17) is 0 Å². The van der Waals surface area contributed by atoms with Gasteiger partial charge in [-0.2, -0.15) is 10.4 Å². The first-order chi connectivity index (χ1) is 15.5. The van der Waals surface area contributed by atoms with E-state index in [1.807, 2.05) is 6.07 Å². The van der Waals surface area contributed by atoms with Gasteiger partial charge in [0.15, 0.2) is 23.0 Å². The highest BCUT2D eigenvalue weighted by molar-refractivity contribution is 5.80. The molecule has 5 rings (SSSR count). The summed E-state index contributed by atoms with van der Waals surface area (Å²) in [4.78, 5) is 29.0. The number of nitriles is 1. The average Bonchev–Trinajstić information content (AvgIpc) is 3.14. The van der Waals surface area contributed by atoms with Crippen LogP contribution in [-0.4, -0.2) is 29.7 Å². The van der Waals surface area contributed by atoms with E-state index < -0.39 is 23.2 Å². The Hall–Kier alpha value is -4.00. The van der Waals surface area contributed by atoms with E-state index in [2.05, 4.69) is 25.0 Å². The van der Waals surface area contributed by atoms with Crippen LogP contribution in [0.3, 0.4) is 0 Å². The maximum atomic E-state index is 13.8. The number of aromatic amines is 1. The molecule has 1 aliphatic rings. The minimum atomic E-state index is -0.988. The molecule has 0 bridgehead atoms. The first-order valence-electron chi connectivity index (χ1n) is 10.1. The zero-order chi connectivity index (χ0) is 22.4. The van der Waals surface area contributed by atoms with Crippen LogP contribution in [0.2, 0.25) is 0 Å². The Morgan fingerprint density at radius 1 is 1.19 bits per heavy atom. The largest absolute Gasteiger partial charge is 0.310 e. The van der Waals surface area contributed by atoms with E-state index in [0.29, 0.717) is 17.2 Å². The predicted octanol–water partition coefficient (Wildman–Crippen LogP) is 3.33. The monoisotopic (exact) mass is 433 g/mol. The topological polar surface area (TPSA) is 113 Å². The van der Waals surface area contributed by atoms with Crippen LogP contribution in [0, 0.1) is 23.0 Å². The van der Waals surface area contributed by atoms with Crippen molar-refractivity contribution in [3.8, 4) is 6.07 Å². The number of aromatic nitrogens is 6. The molecule has 1 N–H and O–H groups in total. The number of hydrogen-bond donors (Lipinski definition) is 1. The number of halogens is 2. The molecule has 8 nitrogen and oxygen atoms in total. The van der Waals surface area contributed by atoms with Crippen molar-refractivity contribution in [2.24, 2.45) is 0 Å². The number of H-pyrrole nitrogens is 1. The van der Waals surface area contributed by atoms with Gasteiger partial charge in [0, 0.05) is 24.2 Å². The maximum Gasteiger partial charge on any atom is 0.263 e. The number of nitrogens with one attached hydrogen (secondary N) is 1. The van der Waals surface area contributed by atoms with Crippen molar-refractivity contribution in [3.63, 3.8) is 0 Å². The molecule has 3 aromatic heterocycles. The third-order valence-corrected chi connectivity index (χ3v) is 6.02. The molecule has 160 valence electrons. The number of benzene rings is 1. The van der Waals surface area contributed by atoms with Crippen LogP contribution in [0.15, 0.2) is 41.5 Å². The summed E-state index contributed by atoms with van der Waals surface area (Å²) in [6.45, 7) is 1.72. The molecule has 3 heterocycles. The molecule has 0 radical (unpaired) electrons. The average molecular weight is 433 g/mol. The Bertz CT molecular complexity index is 1420. The zero-order valence-corrected chi connectivity index (χ0v) is 17.0. The van der Waals surface area contributed by atoms with Crippen LogP contribution in [0.25, 0.3) is 11.0 Å². The lowest BCUT2D eigenvalue weighted by Gasteiger charge is -2.34. The van der Waals surface area contributed by atoms with Crippen molar-refractivity contribution in [3.05, 3.63) is 81.6 Å². The van der Waals surface area contributed by atoms with Gasteiger partial charge in [0.25, 0.3) is 5.56 Å². The van der Waals surface area contributed by atoms with Crippen LogP contribution >= 0.6 is 0 Å².